The third-order valence-electron chi connectivity index (χ3n) is 5.74. The van der Waals surface area contributed by atoms with Crippen molar-refractivity contribution in [2.24, 2.45) is 0 Å². The summed E-state index contributed by atoms with van der Waals surface area (Å²) in [7, 11) is 1.38. The van der Waals surface area contributed by atoms with Crippen molar-refractivity contribution in [3.63, 3.8) is 0 Å². The maximum atomic E-state index is 12.7. The Balaban J connectivity index is 1.40. The van der Waals surface area contributed by atoms with Crippen LogP contribution in [0.3, 0.4) is 0 Å². The number of benzene rings is 1. The van der Waals surface area contributed by atoms with Gasteiger partial charge in [-0.05, 0) is 50.2 Å². The second kappa shape index (κ2) is 11.0. The third kappa shape index (κ3) is 5.47. The first kappa shape index (κ1) is 23.5. The lowest BCUT2D eigenvalue weighted by molar-refractivity contribution is -0.113. The van der Waals surface area contributed by atoms with Crippen molar-refractivity contribution in [3.05, 3.63) is 57.7 Å². The van der Waals surface area contributed by atoms with Gasteiger partial charge in [-0.1, -0.05) is 42.1 Å². The van der Waals surface area contributed by atoms with Crippen LogP contribution in [0.25, 0.3) is 0 Å². The molecule has 0 bridgehead atoms. The number of esters is 1. The first-order valence-corrected chi connectivity index (χ1v) is 13.0. The van der Waals surface area contributed by atoms with E-state index in [1.54, 1.807) is 0 Å². The van der Waals surface area contributed by atoms with Crippen molar-refractivity contribution in [1.29, 1.82) is 0 Å². The maximum Gasteiger partial charge on any atom is 0.341 e. The van der Waals surface area contributed by atoms with Crippen molar-refractivity contribution in [2.75, 3.05) is 18.2 Å². The summed E-state index contributed by atoms with van der Waals surface area (Å²) < 4.78 is 7.05. The normalized spacial score (nSPS) is 12.9. The molecule has 0 spiro atoms. The van der Waals surface area contributed by atoms with Gasteiger partial charge in [0.15, 0.2) is 5.16 Å². The minimum Gasteiger partial charge on any atom is -0.465 e. The number of anilines is 1. The van der Waals surface area contributed by atoms with Crippen LogP contribution in [0.5, 0.6) is 0 Å². The molecule has 33 heavy (non-hydrogen) atoms. The molecule has 4 rings (SSSR count). The lowest BCUT2D eigenvalue weighted by Gasteiger charge is -2.11. The molecule has 1 aliphatic carbocycles. The van der Waals surface area contributed by atoms with E-state index < -0.39 is 0 Å². The molecule has 9 heteroatoms. The Labute approximate surface area is 201 Å². The minimum atomic E-state index is -0.383. The molecule has 0 radical (unpaired) electrons. The molecule has 3 aromatic rings. The van der Waals surface area contributed by atoms with Gasteiger partial charge >= 0.3 is 5.97 Å². The van der Waals surface area contributed by atoms with Gasteiger partial charge in [-0.15, -0.1) is 21.5 Å². The number of ether oxygens (including phenoxy) is 1. The van der Waals surface area contributed by atoms with Gasteiger partial charge in [0, 0.05) is 17.8 Å². The van der Waals surface area contributed by atoms with E-state index in [0.717, 1.165) is 61.6 Å². The highest BCUT2D eigenvalue weighted by Gasteiger charge is 2.27. The van der Waals surface area contributed by atoms with E-state index in [4.69, 9.17) is 4.74 Å². The lowest BCUT2D eigenvalue weighted by atomic mass is 9.95. The third-order valence-corrected chi connectivity index (χ3v) is 7.91. The Kier molecular flexibility index (Phi) is 7.82. The maximum absolute atomic E-state index is 12.7. The van der Waals surface area contributed by atoms with Gasteiger partial charge in [0.25, 0.3) is 0 Å². The monoisotopic (exact) mass is 484 g/mol. The summed E-state index contributed by atoms with van der Waals surface area (Å²) in [6, 6.07) is 10.3. The summed E-state index contributed by atoms with van der Waals surface area (Å²) in [6.07, 6.45) is 5.64. The van der Waals surface area contributed by atoms with E-state index in [-0.39, 0.29) is 17.6 Å². The number of amides is 1. The van der Waals surface area contributed by atoms with Crippen LogP contribution >= 0.6 is 23.1 Å². The molecule has 1 amide bonds. The molecule has 0 aliphatic heterocycles. The number of aryl methyl sites for hydroxylation is 3. The molecular weight excluding hydrogens is 456 g/mol. The zero-order valence-electron chi connectivity index (χ0n) is 18.9. The number of hydrogen-bond donors (Lipinski definition) is 1. The number of methoxy groups -OCH3 is 1. The molecule has 1 aliphatic rings. The summed E-state index contributed by atoms with van der Waals surface area (Å²) in [5.41, 5.74) is 2.82. The fourth-order valence-electron chi connectivity index (χ4n) is 4.09. The van der Waals surface area contributed by atoms with E-state index in [2.05, 4.69) is 39.1 Å². The molecule has 0 fully saturated rings. The molecule has 2 heterocycles. The number of thioether (sulfide) groups is 1. The van der Waals surface area contributed by atoms with Crippen LogP contribution in [0.4, 0.5) is 5.00 Å². The molecule has 174 valence electrons. The van der Waals surface area contributed by atoms with Crippen LogP contribution < -0.4 is 5.32 Å². The van der Waals surface area contributed by atoms with E-state index in [0.29, 0.717) is 10.6 Å². The van der Waals surface area contributed by atoms with Gasteiger partial charge in [-0.3, -0.25) is 4.79 Å². The van der Waals surface area contributed by atoms with E-state index in [1.165, 1.54) is 40.6 Å². The predicted octanol–water partition coefficient (Wildman–Crippen LogP) is 4.54. The molecular formula is C24H28N4O3S2. The van der Waals surface area contributed by atoms with Crippen molar-refractivity contribution in [3.8, 4) is 0 Å². The molecule has 0 unspecified atom stereocenters. The number of carbonyl (C=O) groups excluding carboxylic acids is 2. The molecule has 0 atom stereocenters. The van der Waals surface area contributed by atoms with Crippen molar-refractivity contribution in [1.82, 2.24) is 14.8 Å². The summed E-state index contributed by atoms with van der Waals surface area (Å²) in [6.45, 7) is 2.80. The zero-order chi connectivity index (χ0) is 23.2. The number of thiophene rings is 1. The summed E-state index contributed by atoms with van der Waals surface area (Å²) in [4.78, 5) is 26.3. The summed E-state index contributed by atoms with van der Waals surface area (Å²) in [5, 5.41) is 12.9. The number of hydrogen-bond acceptors (Lipinski definition) is 7. The Morgan fingerprint density at radius 3 is 2.70 bits per heavy atom. The Bertz CT molecular complexity index is 1120. The van der Waals surface area contributed by atoms with E-state index in [1.807, 2.05) is 18.2 Å². The Hall–Kier alpha value is -2.65. The molecule has 2 aromatic heterocycles. The van der Waals surface area contributed by atoms with Crippen LogP contribution in [0.15, 0.2) is 35.5 Å². The first-order valence-electron chi connectivity index (χ1n) is 11.2. The van der Waals surface area contributed by atoms with Crippen LogP contribution in [0.1, 0.15) is 52.0 Å². The zero-order valence-corrected chi connectivity index (χ0v) is 20.6. The van der Waals surface area contributed by atoms with Crippen LogP contribution in [0, 0.1) is 0 Å². The number of carbonyl (C=O) groups is 2. The molecule has 7 nitrogen and oxygen atoms in total. The average molecular weight is 485 g/mol. The van der Waals surface area contributed by atoms with E-state index in [9.17, 15) is 9.59 Å². The largest absolute Gasteiger partial charge is 0.465 e. The van der Waals surface area contributed by atoms with Gasteiger partial charge in [0.2, 0.25) is 5.91 Å². The van der Waals surface area contributed by atoms with Gasteiger partial charge in [-0.25, -0.2) is 4.79 Å². The number of nitrogens with zero attached hydrogens (tertiary/aromatic N) is 3. The van der Waals surface area contributed by atoms with Gasteiger partial charge in [0.1, 0.15) is 10.8 Å². The number of rotatable bonds is 9. The molecule has 0 saturated carbocycles. The standard InChI is InChI=1S/C24H28N4O3S2/c1-3-28-19(14-13-16-9-5-4-6-10-16)26-27-24(28)32-15-20(29)25-22-21(23(30)31-2)17-11-7-8-12-18(17)33-22/h4-6,9-10H,3,7-8,11-15H2,1-2H3,(H,25,29). The topological polar surface area (TPSA) is 86.1 Å². The minimum absolute atomic E-state index is 0.166. The highest BCUT2D eigenvalue weighted by molar-refractivity contribution is 7.99. The van der Waals surface area contributed by atoms with Crippen molar-refractivity contribution in [2.45, 2.75) is 57.1 Å². The second-order valence-corrected chi connectivity index (χ2v) is 9.92. The number of fused-ring (bicyclic) bond motifs is 1. The van der Waals surface area contributed by atoms with Gasteiger partial charge in [-0.2, -0.15) is 0 Å². The summed E-state index contributed by atoms with van der Waals surface area (Å²) in [5.74, 6) is 0.564. The first-order chi connectivity index (χ1) is 16.1. The van der Waals surface area contributed by atoms with Crippen LogP contribution in [-0.2, 0) is 41.8 Å². The quantitative estimate of drug-likeness (QED) is 0.354. The van der Waals surface area contributed by atoms with Gasteiger partial charge in [0.05, 0.1) is 18.4 Å². The second-order valence-electron chi connectivity index (χ2n) is 7.87. The lowest BCUT2D eigenvalue weighted by Crippen LogP contribution is -2.17. The fourth-order valence-corrected chi connectivity index (χ4v) is 6.21. The average Bonchev–Trinajstić information content (AvgIpc) is 3.41. The summed E-state index contributed by atoms with van der Waals surface area (Å²) >= 11 is 2.86. The molecule has 1 aromatic carbocycles. The SMILES string of the molecule is CCn1c(CCc2ccccc2)nnc1SCC(=O)Nc1sc2c(c1C(=O)OC)CCCC2. The molecule has 1 N–H and O–H groups in total. The predicted molar refractivity (Wildman–Crippen MR) is 131 cm³/mol. The van der Waals surface area contributed by atoms with Crippen LogP contribution in [0.2, 0.25) is 0 Å². The van der Waals surface area contributed by atoms with Gasteiger partial charge < -0.3 is 14.6 Å². The van der Waals surface area contributed by atoms with Crippen molar-refractivity contribution >= 4 is 40.0 Å². The van der Waals surface area contributed by atoms with Crippen LogP contribution in [-0.4, -0.2) is 39.5 Å². The Morgan fingerprint density at radius 2 is 1.94 bits per heavy atom. The fraction of sp³-hybridized carbons (Fsp3) is 0.417. The molecule has 0 saturated heterocycles. The number of nitrogens with one attached hydrogen (secondary N) is 1. The Morgan fingerprint density at radius 1 is 1.15 bits per heavy atom. The van der Waals surface area contributed by atoms with E-state index >= 15 is 0 Å². The number of aromatic nitrogens is 3. The highest BCUT2D eigenvalue weighted by Crippen LogP contribution is 2.38. The van der Waals surface area contributed by atoms with Crippen molar-refractivity contribution < 1.29 is 14.3 Å². The smallest absolute Gasteiger partial charge is 0.341 e. The highest BCUT2D eigenvalue weighted by atomic mass is 32.2.